The SMILES string of the molecule is CCOc1cc(C=C2SC(=S)N(c3ccccc3C)C2=O)ccc1OCc1ccccc1Cl. The van der Waals surface area contributed by atoms with E-state index in [4.69, 9.17) is 33.3 Å². The van der Waals surface area contributed by atoms with Crippen LogP contribution in [0.15, 0.2) is 71.6 Å². The van der Waals surface area contributed by atoms with E-state index < -0.39 is 0 Å². The second-order valence-corrected chi connectivity index (χ2v) is 9.41. The second kappa shape index (κ2) is 10.4. The average molecular weight is 496 g/mol. The number of nitrogens with zero attached hydrogens (tertiary/aromatic N) is 1. The van der Waals surface area contributed by atoms with Gasteiger partial charge in [-0.15, -0.1) is 0 Å². The summed E-state index contributed by atoms with van der Waals surface area (Å²) in [6, 6.07) is 20.9. The largest absolute Gasteiger partial charge is 0.490 e. The highest BCUT2D eigenvalue weighted by atomic mass is 35.5. The molecule has 1 amide bonds. The van der Waals surface area contributed by atoms with Gasteiger partial charge in [-0.05, 0) is 55.3 Å². The quantitative estimate of drug-likeness (QED) is 0.260. The lowest BCUT2D eigenvalue weighted by Crippen LogP contribution is -2.28. The molecule has 0 saturated carbocycles. The number of benzene rings is 3. The maximum Gasteiger partial charge on any atom is 0.270 e. The van der Waals surface area contributed by atoms with Gasteiger partial charge in [-0.1, -0.05) is 78.0 Å². The molecule has 0 unspecified atom stereocenters. The van der Waals surface area contributed by atoms with Crippen LogP contribution < -0.4 is 14.4 Å². The van der Waals surface area contributed by atoms with E-state index in [-0.39, 0.29) is 5.91 Å². The van der Waals surface area contributed by atoms with Gasteiger partial charge in [0.05, 0.1) is 17.2 Å². The van der Waals surface area contributed by atoms with Crippen molar-refractivity contribution < 1.29 is 14.3 Å². The van der Waals surface area contributed by atoms with Crippen LogP contribution in [0.3, 0.4) is 0 Å². The van der Waals surface area contributed by atoms with Gasteiger partial charge in [0.15, 0.2) is 15.8 Å². The Morgan fingerprint density at radius 3 is 2.55 bits per heavy atom. The van der Waals surface area contributed by atoms with E-state index in [0.29, 0.717) is 39.0 Å². The van der Waals surface area contributed by atoms with Crippen LogP contribution in [-0.2, 0) is 11.4 Å². The maximum atomic E-state index is 13.1. The van der Waals surface area contributed by atoms with Crippen molar-refractivity contribution in [3.05, 3.63) is 93.3 Å². The molecule has 1 fully saturated rings. The van der Waals surface area contributed by atoms with Gasteiger partial charge in [0.2, 0.25) is 0 Å². The van der Waals surface area contributed by atoms with Crippen LogP contribution in [0.5, 0.6) is 11.5 Å². The third-order valence-electron chi connectivity index (χ3n) is 5.06. The summed E-state index contributed by atoms with van der Waals surface area (Å²) >= 11 is 13.0. The van der Waals surface area contributed by atoms with Gasteiger partial charge in [0.25, 0.3) is 5.91 Å². The lowest BCUT2D eigenvalue weighted by Gasteiger charge is -2.16. The Morgan fingerprint density at radius 2 is 1.79 bits per heavy atom. The van der Waals surface area contributed by atoms with Gasteiger partial charge in [-0.25, -0.2) is 0 Å². The van der Waals surface area contributed by atoms with E-state index in [0.717, 1.165) is 22.4 Å². The number of anilines is 1. The molecule has 4 nitrogen and oxygen atoms in total. The number of thioether (sulfide) groups is 1. The van der Waals surface area contributed by atoms with Crippen molar-refractivity contribution in [2.24, 2.45) is 0 Å². The predicted molar refractivity (Wildman–Crippen MR) is 140 cm³/mol. The Bertz CT molecular complexity index is 1240. The molecule has 33 heavy (non-hydrogen) atoms. The average Bonchev–Trinajstić information content (AvgIpc) is 3.07. The molecule has 3 aromatic rings. The first-order valence-electron chi connectivity index (χ1n) is 10.4. The number of carbonyl (C=O) groups is 1. The summed E-state index contributed by atoms with van der Waals surface area (Å²) in [5.41, 5.74) is 3.52. The zero-order valence-electron chi connectivity index (χ0n) is 18.2. The standard InChI is InChI=1S/C26H22ClNO3S2/c1-3-30-23-14-18(12-13-22(23)31-16-19-9-5-6-10-20(19)27)15-24-25(29)28(26(32)33-24)21-11-7-4-8-17(21)2/h4-15H,3,16H2,1-2H3. The predicted octanol–water partition coefficient (Wildman–Crippen LogP) is 7.03. The lowest BCUT2D eigenvalue weighted by atomic mass is 10.1. The first-order valence-corrected chi connectivity index (χ1v) is 12.0. The van der Waals surface area contributed by atoms with Crippen LogP contribution >= 0.6 is 35.6 Å². The number of aryl methyl sites for hydroxylation is 1. The summed E-state index contributed by atoms with van der Waals surface area (Å²) in [6.45, 7) is 4.70. The van der Waals surface area contributed by atoms with Gasteiger partial charge < -0.3 is 9.47 Å². The molecule has 7 heteroatoms. The van der Waals surface area contributed by atoms with E-state index >= 15 is 0 Å². The minimum absolute atomic E-state index is 0.128. The molecule has 1 aliphatic heterocycles. The van der Waals surface area contributed by atoms with Crippen LogP contribution in [0, 0.1) is 6.92 Å². The van der Waals surface area contributed by atoms with E-state index in [1.54, 1.807) is 4.90 Å². The molecule has 0 aromatic heterocycles. The van der Waals surface area contributed by atoms with Gasteiger partial charge in [-0.2, -0.15) is 0 Å². The minimum Gasteiger partial charge on any atom is -0.490 e. The number of ether oxygens (including phenoxy) is 2. The van der Waals surface area contributed by atoms with Crippen molar-refractivity contribution in [2.45, 2.75) is 20.5 Å². The summed E-state index contributed by atoms with van der Waals surface area (Å²) in [5, 5.41) is 0.655. The summed E-state index contributed by atoms with van der Waals surface area (Å²) in [4.78, 5) is 15.3. The van der Waals surface area contributed by atoms with Gasteiger partial charge in [0, 0.05) is 10.6 Å². The van der Waals surface area contributed by atoms with Crippen LogP contribution in [0.1, 0.15) is 23.6 Å². The number of hydrogen-bond acceptors (Lipinski definition) is 5. The Hall–Kier alpha value is -2.80. The Labute approximate surface area is 208 Å². The van der Waals surface area contributed by atoms with Crippen LogP contribution in [-0.4, -0.2) is 16.8 Å². The Kier molecular flexibility index (Phi) is 7.38. The second-order valence-electron chi connectivity index (χ2n) is 7.32. The first-order chi connectivity index (χ1) is 16.0. The van der Waals surface area contributed by atoms with Crippen LogP contribution in [0.4, 0.5) is 5.69 Å². The van der Waals surface area contributed by atoms with Crippen molar-refractivity contribution in [3.63, 3.8) is 0 Å². The summed E-state index contributed by atoms with van der Waals surface area (Å²) < 4.78 is 12.3. The zero-order chi connectivity index (χ0) is 23.4. The highest BCUT2D eigenvalue weighted by molar-refractivity contribution is 8.27. The molecule has 0 N–H and O–H groups in total. The van der Waals surface area contributed by atoms with Crippen molar-refractivity contribution in [3.8, 4) is 11.5 Å². The number of carbonyl (C=O) groups excluding carboxylic acids is 1. The van der Waals surface area contributed by atoms with Crippen molar-refractivity contribution in [1.29, 1.82) is 0 Å². The third kappa shape index (κ3) is 5.24. The van der Waals surface area contributed by atoms with Crippen LogP contribution in [0.25, 0.3) is 6.08 Å². The molecule has 168 valence electrons. The van der Waals surface area contributed by atoms with Crippen LogP contribution in [0.2, 0.25) is 5.02 Å². The summed E-state index contributed by atoms with van der Waals surface area (Å²) in [7, 11) is 0. The Morgan fingerprint density at radius 1 is 1.03 bits per heavy atom. The van der Waals surface area contributed by atoms with Crippen molar-refractivity contribution >= 4 is 57.6 Å². The first kappa shape index (κ1) is 23.4. The van der Waals surface area contributed by atoms with Crippen molar-refractivity contribution in [1.82, 2.24) is 0 Å². The fourth-order valence-electron chi connectivity index (χ4n) is 3.41. The number of para-hydroxylation sites is 1. The molecule has 1 saturated heterocycles. The monoisotopic (exact) mass is 495 g/mol. The number of hydrogen-bond donors (Lipinski definition) is 0. The van der Waals surface area contributed by atoms with E-state index in [2.05, 4.69) is 0 Å². The summed E-state index contributed by atoms with van der Waals surface area (Å²) in [6.07, 6.45) is 1.83. The zero-order valence-corrected chi connectivity index (χ0v) is 20.6. The molecule has 4 rings (SSSR count). The normalized spacial score (nSPS) is 14.8. The Balaban J connectivity index is 1.57. The lowest BCUT2D eigenvalue weighted by molar-refractivity contribution is -0.113. The molecule has 0 aliphatic carbocycles. The fourth-order valence-corrected chi connectivity index (χ4v) is 4.89. The van der Waals surface area contributed by atoms with Crippen molar-refractivity contribution in [2.75, 3.05) is 11.5 Å². The molecule has 3 aromatic carbocycles. The molecule has 1 heterocycles. The molecule has 0 bridgehead atoms. The molecule has 0 atom stereocenters. The topological polar surface area (TPSA) is 38.8 Å². The van der Waals surface area contributed by atoms with Gasteiger partial charge >= 0.3 is 0 Å². The molecular weight excluding hydrogens is 474 g/mol. The molecule has 0 spiro atoms. The van der Waals surface area contributed by atoms with Gasteiger partial charge in [0.1, 0.15) is 6.61 Å². The van der Waals surface area contributed by atoms with E-state index in [1.165, 1.54) is 11.8 Å². The maximum absolute atomic E-state index is 13.1. The molecular formula is C26H22ClNO3S2. The number of thiocarbonyl (C=S) groups is 1. The number of amides is 1. The molecule has 0 radical (unpaired) electrons. The summed E-state index contributed by atoms with van der Waals surface area (Å²) in [5.74, 6) is 1.09. The fraction of sp³-hybridized carbons (Fsp3) is 0.154. The van der Waals surface area contributed by atoms with Gasteiger partial charge in [-0.3, -0.25) is 9.69 Å². The highest BCUT2D eigenvalue weighted by Gasteiger charge is 2.34. The number of halogens is 1. The number of rotatable bonds is 7. The van der Waals surface area contributed by atoms with E-state index in [1.807, 2.05) is 86.7 Å². The highest BCUT2D eigenvalue weighted by Crippen LogP contribution is 2.38. The third-order valence-corrected chi connectivity index (χ3v) is 6.73. The smallest absolute Gasteiger partial charge is 0.270 e. The minimum atomic E-state index is -0.128. The van der Waals surface area contributed by atoms with E-state index in [9.17, 15) is 4.79 Å². The molecule has 1 aliphatic rings.